The molecule has 1 fully saturated rings. The van der Waals surface area contributed by atoms with Gasteiger partial charge in [0.15, 0.2) is 0 Å². The zero-order valence-corrected chi connectivity index (χ0v) is 11.8. The van der Waals surface area contributed by atoms with Crippen LogP contribution >= 0.6 is 0 Å². The van der Waals surface area contributed by atoms with E-state index >= 15 is 0 Å². The lowest BCUT2D eigenvalue weighted by Crippen LogP contribution is -2.38. The van der Waals surface area contributed by atoms with Crippen LogP contribution in [0.25, 0.3) is 0 Å². The highest BCUT2D eigenvalue weighted by Gasteiger charge is 2.17. The third-order valence-electron chi connectivity index (χ3n) is 3.79. The van der Waals surface area contributed by atoms with E-state index in [9.17, 15) is 0 Å². The maximum absolute atomic E-state index is 3.65. The normalized spacial score (nSPS) is 17.7. The largest absolute Gasteiger partial charge is 0.382 e. The molecule has 0 aliphatic carbocycles. The first-order valence-corrected chi connectivity index (χ1v) is 6.95. The minimum Gasteiger partial charge on any atom is -0.382 e. The monoisotopic (exact) mass is 247 g/mol. The minimum absolute atomic E-state index is 0.637. The summed E-state index contributed by atoms with van der Waals surface area (Å²) >= 11 is 0. The van der Waals surface area contributed by atoms with Crippen molar-refractivity contribution in [2.75, 3.05) is 43.9 Å². The lowest BCUT2D eigenvalue weighted by atomic mass is 10.0. The smallest absolute Gasteiger partial charge is 0.0362 e. The standard InChI is InChI=1S/C15H25N3/c1-4-18-11-9-14(10-12-18)16-13-5-7-15(8-6-13)17(2)3/h5-8,14,16H,4,9-12H2,1-3H3. The van der Waals surface area contributed by atoms with Crippen molar-refractivity contribution in [1.29, 1.82) is 0 Å². The average Bonchev–Trinajstić information content (AvgIpc) is 2.40. The summed E-state index contributed by atoms with van der Waals surface area (Å²) in [5.74, 6) is 0. The van der Waals surface area contributed by atoms with Gasteiger partial charge in [-0.15, -0.1) is 0 Å². The fourth-order valence-electron chi connectivity index (χ4n) is 2.49. The Labute approximate surface area is 111 Å². The van der Waals surface area contributed by atoms with E-state index in [2.05, 4.69) is 60.4 Å². The Hall–Kier alpha value is -1.22. The van der Waals surface area contributed by atoms with Crippen molar-refractivity contribution in [1.82, 2.24) is 4.90 Å². The van der Waals surface area contributed by atoms with Crippen LogP contribution in [0.15, 0.2) is 24.3 Å². The van der Waals surface area contributed by atoms with Gasteiger partial charge in [0.25, 0.3) is 0 Å². The Kier molecular flexibility index (Phi) is 4.48. The maximum Gasteiger partial charge on any atom is 0.0362 e. The van der Waals surface area contributed by atoms with Gasteiger partial charge >= 0.3 is 0 Å². The molecule has 0 aromatic heterocycles. The van der Waals surface area contributed by atoms with Gasteiger partial charge < -0.3 is 15.1 Å². The molecule has 1 aliphatic heterocycles. The number of likely N-dealkylation sites (tertiary alicyclic amines) is 1. The Morgan fingerprint density at radius 2 is 1.78 bits per heavy atom. The summed E-state index contributed by atoms with van der Waals surface area (Å²) in [7, 11) is 4.14. The SMILES string of the molecule is CCN1CCC(Nc2ccc(N(C)C)cc2)CC1. The zero-order valence-electron chi connectivity index (χ0n) is 11.8. The maximum atomic E-state index is 3.65. The summed E-state index contributed by atoms with van der Waals surface area (Å²) in [5, 5.41) is 3.65. The number of rotatable bonds is 4. The van der Waals surface area contributed by atoms with Crippen molar-refractivity contribution in [2.45, 2.75) is 25.8 Å². The van der Waals surface area contributed by atoms with E-state index < -0.39 is 0 Å². The van der Waals surface area contributed by atoms with E-state index in [4.69, 9.17) is 0 Å². The summed E-state index contributed by atoms with van der Waals surface area (Å²) in [5.41, 5.74) is 2.50. The van der Waals surface area contributed by atoms with E-state index in [1.807, 2.05) is 0 Å². The molecule has 0 bridgehead atoms. The fraction of sp³-hybridized carbons (Fsp3) is 0.600. The van der Waals surface area contributed by atoms with Gasteiger partial charge in [-0.3, -0.25) is 0 Å². The Morgan fingerprint density at radius 1 is 1.17 bits per heavy atom. The number of hydrogen-bond donors (Lipinski definition) is 1. The van der Waals surface area contributed by atoms with Crippen LogP contribution in [-0.2, 0) is 0 Å². The molecule has 0 unspecified atom stereocenters. The highest BCUT2D eigenvalue weighted by Crippen LogP contribution is 2.19. The van der Waals surface area contributed by atoms with Gasteiger partial charge in [0.1, 0.15) is 0 Å². The number of nitrogens with zero attached hydrogens (tertiary/aromatic N) is 2. The highest BCUT2D eigenvalue weighted by atomic mass is 15.1. The van der Waals surface area contributed by atoms with Gasteiger partial charge in [-0.1, -0.05) is 6.92 Å². The molecule has 1 heterocycles. The van der Waals surface area contributed by atoms with Crippen LogP contribution in [0.2, 0.25) is 0 Å². The van der Waals surface area contributed by atoms with Crippen LogP contribution in [-0.4, -0.2) is 44.7 Å². The molecule has 100 valence electrons. The second kappa shape index (κ2) is 6.10. The summed E-state index contributed by atoms with van der Waals surface area (Å²) in [4.78, 5) is 4.65. The second-order valence-corrected chi connectivity index (χ2v) is 5.29. The molecule has 0 atom stereocenters. The predicted octanol–water partition coefficient (Wildman–Crippen LogP) is 2.65. The van der Waals surface area contributed by atoms with Crippen molar-refractivity contribution < 1.29 is 0 Å². The van der Waals surface area contributed by atoms with Crippen LogP contribution in [0.4, 0.5) is 11.4 Å². The van der Waals surface area contributed by atoms with Gasteiger partial charge in [-0.25, -0.2) is 0 Å². The molecule has 18 heavy (non-hydrogen) atoms. The van der Waals surface area contributed by atoms with E-state index in [-0.39, 0.29) is 0 Å². The third-order valence-corrected chi connectivity index (χ3v) is 3.79. The Bertz CT molecular complexity index is 351. The lowest BCUT2D eigenvalue weighted by molar-refractivity contribution is 0.229. The molecule has 0 amide bonds. The highest BCUT2D eigenvalue weighted by molar-refractivity contribution is 5.54. The summed E-state index contributed by atoms with van der Waals surface area (Å²) in [6.45, 7) is 5.88. The van der Waals surface area contributed by atoms with Gasteiger partial charge in [-0.2, -0.15) is 0 Å². The number of piperidine rings is 1. The number of hydrogen-bond acceptors (Lipinski definition) is 3. The number of anilines is 2. The zero-order chi connectivity index (χ0) is 13.0. The molecule has 1 N–H and O–H groups in total. The molecule has 0 spiro atoms. The molecule has 1 saturated heterocycles. The van der Waals surface area contributed by atoms with Crippen LogP contribution in [0.1, 0.15) is 19.8 Å². The van der Waals surface area contributed by atoms with E-state index in [0.29, 0.717) is 6.04 Å². The first-order chi connectivity index (χ1) is 8.69. The van der Waals surface area contributed by atoms with Crippen molar-refractivity contribution in [3.05, 3.63) is 24.3 Å². The Balaban J connectivity index is 1.86. The fourth-order valence-corrected chi connectivity index (χ4v) is 2.49. The summed E-state index contributed by atoms with van der Waals surface area (Å²) < 4.78 is 0. The first-order valence-electron chi connectivity index (χ1n) is 6.95. The van der Waals surface area contributed by atoms with Gasteiger partial charge in [0, 0.05) is 44.6 Å². The molecular weight excluding hydrogens is 222 g/mol. The van der Waals surface area contributed by atoms with E-state index in [1.54, 1.807) is 0 Å². The first kappa shape index (κ1) is 13.2. The van der Waals surface area contributed by atoms with Crippen LogP contribution in [0.3, 0.4) is 0 Å². The lowest BCUT2D eigenvalue weighted by Gasteiger charge is -2.32. The molecule has 0 saturated carbocycles. The van der Waals surface area contributed by atoms with Crippen LogP contribution < -0.4 is 10.2 Å². The number of benzene rings is 1. The summed E-state index contributed by atoms with van der Waals surface area (Å²) in [6.07, 6.45) is 2.51. The van der Waals surface area contributed by atoms with Crippen molar-refractivity contribution in [3.63, 3.8) is 0 Å². The Morgan fingerprint density at radius 3 is 2.28 bits per heavy atom. The van der Waals surface area contributed by atoms with Crippen molar-refractivity contribution in [2.24, 2.45) is 0 Å². The van der Waals surface area contributed by atoms with Gasteiger partial charge in [-0.05, 0) is 43.7 Å². The second-order valence-electron chi connectivity index (χ2n) is 5.29. The van der Waals surface area contributed by atoms with Crippen molar-refractivity contribution >= 4 is 11.4 Å². The topological polar surface area (TPSA) is 18.5 Å². The summed E-state index contributed by atoms with van der Waals surface area (Å²) in [6, 6.07) is 9.34. The molecular formula is C15H25N3. The number of nitrogens with one attached hydrogen (secondary N) is 1. The van der Waals surface area contributed by atoms with E-state index in [1.165, 1.54) is 43.9 Å². The third kappa shape index (κ3) is 3.39. The molecule has 2 rings (SSSR count). The van der Waals surface area contributed by atoms with Gasteiger partial charge in [0.05, 0.1) is 0 Å². The molecule has 3 nitrogen and oxygen atoms in total. The van der Waals surface area contributed by atoms with E-state index in [0.717, 1.165) is 0 Å². The quantitative estimate of drug-likeness (QED) is 0.882. The molecule has 1 aliphatic rings. The average molecular weight is 247 g/mol. The molecule has 1 aromatic carbocycles. The molecule has 3 heteroatoms. The van der Waals surface area contributed by atoms with Crippen LogP contribution in [0.5, 0.6) is 0 Å². The van der Waals surface area contributed by atoms with Gasteiger partial charge in [0.2, 0.25) is 0 Å². The van der Waals surface area contributed by atoms with Crippen LogP contribution in [0, 0.1) is 0 Å². The van der Waals surface area contributed by atoms with Crippen molar-refractivity contribution in [3.8, 4) is 0 Å². The minimum atomic E-state index is 0.637. The predicted molar refractivity (Wildman–Crippen MR) is 79.5 cm³/mol. The molecule has 1 aromatic rings. The molecule has 0 radical (unpaired) electrons.